The van der Waals surface area contributed by atoms with E-state index in [9.17, 15) is 10.2 Å². The van der Waals surface area contributed by atoms with Crippen LogP contribution >= 0.6 is 0 Å². The molecule has 2 aromatic carbocycles. The van der Waals surface area contributed by atoms with E-state index in [0.717, 1.165) is 62.5 Å². The van der Waals surface area contributed by atoms with Crippen molar-refractivity contribution in [2.24, 2.45) is 43.6 Å². The molecular weight excluding hydrogens is 520 g/mol. The number of hydrogen-bond acceptors (Lipinski definition) is 6. The summed E-state index contributed by atoms with van der Waals surface area (Å²) in [6.45, 7) is 13.1. The van der Waals surface area contributed by atoms with Gasteiger partial charge >= 0.3 is 0 Å². The van der Waals surface area contributed by atoms with Crippen LogP contribution in [0.5, 0.6) is 11.5 Å². The zero-order valence-corrected chi connectivity index (χ0v) is 26.3. The van der Waals surface area contributed by atoms with Crippen molar-refractivity contribution in [2.45, 2.75) is 104 Å². The Labute approximate surface area is 251 Å². The quantitative estimate of drug-likeness (QED) is 0.331. The van der Waals surface area contributed by atoms with Crippen molar-refractivity contribution in [3.63, 3.8) is 0 Å². The summed E-state index contributed by atoms with van der Waals surface area (Å²) >= 11 is 0. The highest BCUT2D eigenvalue weighted by atomic mass is 16.3. The fraction of sp³-hybridized carbons (Fsp3) is 0.556. The Morgan fingerprint density at radius 1 is 0.476 bits per heavy atom. The largest absolute Gasteiger partial charge is 0.504 e. The molecule has 0 spiro atoms. The molecule has 0 saturated heterocycles. The van der Waals surface area contributed by atoms with Gasteiger partial charge in [0.05, 0.1) is 0 Å². The number of fused-ring (bicyclic) bond motifs is 6. The summed E-state index contributed by atoms with van der Waals surface area (Å²) in [5, 5.41) is 22.6. The lowest BCUT2D eigenvalue weighted by atomic mass is 9.80. The third-order valence-corrected chi connectivity index (χ3v) is 9.24. The lowest BCUT2D eigenvalue weighted by molar-refractivity contribution is 0.386. The summed E-state index contributed by atoms with van der Waals surface area (Å²) in [5.74, 6) is 1.04. The van der Waals surface area contributed by atoms with E-state index in [2.05, 4.69) is 41.5 Å². The zero-order valence-electron chi connectivity index (χ0n) is 26.3. The van der Waals surface area contributed by atoms with Crippen molar-refractivity contribution in [1.82, 2.24) is 0 Å². The summed E-state index contributed by atoms with van der Waals surface area (Å²) in [7, 11) is 0. The Bertz CT molecular complexity index is 1210. The van der Waals surface area contributed by atoms with Gasteiger partial charge < -0.3 is 10.2 Å². The maximum atomic E-state index is 11.3. The lowest BCUT2D eigenvalue weighted by Gasteiger charge is -2.27. The van der Waals surface area contributed by atoms with E-state index in [4.69, 9.17) is 20.0 Å². The van der Waals surface area contributed by atoms with Gasteiger partial charge in [-0.2, -0.15) is 0 Å². The highest BCUT2D eigenvalue weighted by Gasteiger charge is 2.26. The molecule has 2 aromatic rings. The third kappa shape index (κ3) is 6.85. The fourth-order valence-corrected chi connectivity index (χ4v) is 6.29. The topological polar surface area (TPSA) is 89.9 Å². The minimum absolute atomic E-state index is 0.111. The van der Waals surface area contributed by atoms with Crippen molar-refractivity contribution >= 4 is 47.6 Å². The second-order valence-electron chi connectivity index (χ2n) is 14.6. The van der Waals surface area contributed by atoms with E-state index in [1.807, 2.05) is 49.1 Å². The van der Waals surface area contributed by atoms with Crippen molar-refractivity contribution in [3.05, 3.63) is 35.4 Å². The van der Waals surface area contributed by atoms with Crippen LogP contribution in [0.4, 0.5) is 22.7 Å². The van der Waals surface area contributed by atoms with Crippen LogP contribution in [-0.4, -0.2) is 35.1 Å². The molecule has 224 valence electrons. The van der Waals surface area contributed by atoms with Gasteiger partial charge in [-0.05, 0) is 71.9 Å². The minimum Gasteiger partial charge on any atom is -0.504 e. The second-order valence-corrected chi connectivity index (χ2v) is 14.6. The van der Waals surface area contributed by atoms with Crippen molar-refractivity contribution in [2.75, 3.05) is 0 Å². The normalized spacial score (nSPS) is 24.9. The molecule has 0 unspecified atom stereocenters. The molecule has 4 atom stereocenters. The van der Waals surface area contributed by atoms with E-state index in [-0.39, 0.29) is 46.0 Å². The van der Waals surface area contributed by atoms with E-state index in [0.29, 0.717) is 22.7 Å². The van der Waals surface area contributed by atoms with Gasteiger partial charge in [-0.15, -0.1) is 0 Å². The average molecular weight is 569 g/mol. The first kappa shape index (κ1) is 30.2. The zero-order chi connectivity index (χ0) is 30.1. The van der Waals surface area contributed by atoms with E-state index < -0.39 is 0 Å². The number of phenols is 2. The van der Waals surface area contributed by atoms with Gasteiger partial charge in [-0.1, -0.05) is 67.2 Å². The Morgan fingerprint density at radius 3 is 0.929 bits per heavy atom. The molecule has 6 heteroatoms. The molecule has 6 nitrogen and oxygen atoms in total. The van der Waals surface area contributed by atoms with Gasteiger partial charge in [0.1, 0.15) is 22.7 Å². The molecule has 4 bridgehead atoms. The second kappa shape index (κ2) is 12.1. The summed E-state index contributed by atoms with van der Waals surface area (Å²) in [4.78, 5) is 19.5. The first-order valence-corrected chi connectivity index (χ1v) is 15.8. The molecule has 42 heavy (non-hydrogen) atoms. The van der Waals surface area contributed by atoms with Crippen LogP contribution in [0.15, 0.2) is 44.2 Å². The van der Waals surface area contributed by atoms with Crippen LogP contribution in [0, 0.1) is 23.7 Å². The van der Waals surface area contributed by atoms with Crippen LogP contribution in [0.3, 0.4) is 0 Å². The monoisotopic (exact) mass is 568 g/mol. The summed E-state index contributed by atoms with van der Waals surface area (Å²) in [6, 6.07) is 8.01. The predicted octanol–water partition coefficient (Wildman–Crippen LogP) is 9.83. The van der Waals surface area contributed by atoms with E-state index >= 15 is 0 Å². The van der Waals surface area contributed by atoms with Gasteiger partial charge in [0.15, 0.2) is 11.5 Å². The molecule has 2 saturated carbocycles. The Kier molecular flexibility index (Phi) is 8.73. The molecule has 2 fully saturated rings. The van der Waals surface area contributed by atoms with Crippen LogP contribution in [0.2, 0.25) is 0 Å². The van der Waals surface area contributed by atoms with Crippen LogP contribution in [-0.2, 0) is 10.8 Å². The van der Waals surface area contributed by atoms with Crippen molar-refractivity contribution in [3.8, 4) is 11.5 Å². The summed E-state index contributed by atoms with van der Waals surface area (Å²) < 4.78 is 0. The standard InChI is InChI=1S/C36H48N4O2/c1-35(2,3)27-15-29-33(41)30(16-27)38-20-24-12-8-10-14-26(24)22-40-32-18-28(36(4,5)6)17-31(34(32)42)39-21-25-13-9-7-11-23(25)19-37-29/h15-26,41-42H,7-14H2,1-6H3/t23-,24-,25-,26-/m0/s1. The number of benzene rings is 2. The van der Waals surface area contributed by atoms with Gasteiger partial charge in [-0.3, -0.25) is 20.0 Å². The van der Waals surface area contributed by atoms with Gasteiger partial charge in [0.25, 0.3) is 0 Å². The van der Waals surface area contributed by atoms with Gasteiger partial charge in [0, 0.05) is 48.5 Å². The third-order valence-electron chi connectivity index (χ3n) is 9.24. The fourth-order valence-electron chi connectivity index (χ4n) is 6.29. The molecule has 0 amide bonds. The van der Waals surface area contributed by atoms with Crippen molar-refractivity contribution in [1.29, 1.82) is 0 Å². The molecule has 0 radical (unpaired) electrons. The Balaban J connectivity index is 1.66. The lowest BCUT2D eigenvalue weighted by Crippen LogP contribution is -2.22. The number of aliphatic imine (C=N–C) groups is 4. The SMILES string of the molecule is CC(C)(C)c1cc2c(O)c(c1)N=C[C@@H]1CCCC[C@H]1C=Nc1cc(C(C)(C)C)cc(c1O)N=C[C@@H]1CCCC[C@H]1C=N2. The molecule has 0 aromatic heterocycles. The number of phenolic OH excluding ortho intramolecular Hbond substituents is 2. The summed E-state index contributed by atoms with van der Waals surface area (Å²) in [6.07, 6.45) is 16.6. The van der Waals surface area contributed by atoms with Crippen LogP contribution < -0.4 is 0 Å². The average Bonchev–Trinajstić information content (AvgIpc) is 2.94. The molecular formula is C36H48N4O2. The highest BCUT2D eigenvalue weighted by molar-refractivity contribution is 5.82. The molecule has 2 aliphatic carbocycles. The number of hydrogen-bond donors (Lipinski definition) is 2. The van der Waals surface area contributed by atoms with Gasteiger partial charge in [0.2, 0.25) is 0 Å². The highest BCUT2D eigenvalue weighted by Crippen LogP contribution is 2.44. The number of aromatic hydroxyl groups is 2. The predicted molar refractivity (Wildman–Crippen MR) is 177 cm³/mol. The first-order valence-electron chi connectivity index (χ1n) is 15.8. The summed E-state index contributed by atoms with van der Waals surface area (Å²) in [5.41, 5.74) is 4.25. The van der Waals surface area contributed by atoms with Crippen LogP contribution in [0.25, 0.3) is 0 Å². The minimum atomic E-state index is -0.111. The smallest absolute Gasteiger partial charge is 0.167 e. The maximum absolute atomic E-state index is 11.3. The number of nitrogens with zero attached hydrogens (tertiary/aromatic N) is 4. The van der Waals surface area contributed by atoms with Crippen LogP contribution in [0.1, 0.15) is 104 Å². The Hall–Kier alpha value is -3.28. The van der Waals surface area contributed by atoms with E-state index in [1.165, 1.54) is 0 Å². The first-order chi connectivity index (χ1) is 19.9. The Morgan fingerprint density at radius 2 is 0.714 bits per heavy atom. The molecule has 2 N–H and O–H groups in total. The molecule has 1 heterocycles. The van der Waals surface area contributed by atoms with E-state index in [1.54, 1.807) is 0 Å². The molecule has 1 aliphatic heterocycles. The maximum Gasteiger partial charge on any atom is 0.167 e. The van der Waals surface area contributed by atoms with Crippen molar-refractivity contribution < 1.29 is 10.2 Å². The molecule has 3 aliphatic rings. The van der Waals surface area contributed by atoms with Gasteiger partial charge in [-0.25, -0.2) is 0 Å². The molecule has 5 rings (SSSR count). The number of rotatable bonds is 0.